The van der Waals surface area contributed by atoms with Crippen LogP contribution in [0.3, 0.4) is 0 Å². The van der Waals surface area contributed by atoms with E-state index in [1.807, 2.05) is 12.1 Å². The number of guanidine groups is 1. The summed E-state index contributed by atoms with van der Waals surface area (Å²) in [7, 11) is 7.65. The monoisotopic (exact) mass is 292 g/mol. The summed E-state index contributed by atoms with van der Waals surface area (Å²) in [6, 6.07) is 6.11. The van der Waals surface area contributed by atoms with Crippen LogP contribution in [0.25, 0.3) is 0 Å². The van der Waals surface area contributed by atoms with Gasteiger partial charge in [-0.05, 0) is 57.2 Å². The highest BCUT2D eigenvalue weighted by atomic mass is 16.5. The summed E-state index contributed by atoms with van der Waals surface area (Å²) in [6.07, 6.45) is 1.09. The molecule has 0 bridgehead atoms. The molecule has 1 rings (SSSR count). The zero-order chi connectivity index (χ0) is 15.7. The Kier molecular flexibility index (Phi) is 7.61. The van der Waals surface area contributed by atoms with Crippen LogP contribution >= 0.6 is 0 Å². The maximum Gasteiger partial charge on any atom is 0.191 e. The molecule has 0 aromatic heterocycles. The number of rotatable bonds is 7. The quantitative estimate of drug-likeness (QED) is 0.455. The van der Waals surface area contributed by atoms with Crippen LogP contribution in [-0.4, -0.2) is 52.2 Å². The number of hydrogen-bond donors (Lipinski definition) is 2. The minimum Gasteiger partial charge on any atom is -0.497 e. The Hall–Kier alpha value is -1.75. The van der Waals surface area contributed by atoms with E-state index >= 15 is 0 Å². The number of nitrogens with zero attached hydrogens (tertiary/aromatic N) is 2. The van der Waals surface area contributed by atoms with Gasteiger partial charge in [-0.3, -0.25) is 4.99 Å². The minimum atomic E-state index is 0.753. The molecular formula is C16H28N4O. The molecule has 0 unspecified atom stereocenters. The molecule has 5 heteroatoms. The number of hydrogen-bond acceptors (Lipinski definition) is 3. The van der Waals surface area contributed by atoms with Gasteiger partial charge in [-0.2, -0.15) is 0 Å². The fourth-order valence-corrected chi connectivity index (χ4v) is 2.00. The first-order valence-electron chi connectivity index (χ1n) is 7.29. The summed E-state index contributed by atoms with van der Waals surface area (Å²) in [5.74, 6) is 1.73. The van der Waals surface area contributed by atoms with Gasteiger partial charge < -0.3 is 20.3 Å². The predicted octanol–water partition coefficient (Wildman–Crippen LogP) is 1.62. The summed E-state index contributed by atoms with van der Waals surface area (Å²) in [6.45, 7) is 4.83. The molecule has 0 fully saturated rings. The third-order valence-electron chi connectivity index (χ3n) is 3.29. The van der Waals surface area contributed by atoms with Gasteiger partial charge in [-0.15, -0.1) is 0 Å². The van der Waals surface area contributed by atoms with Crippen molar-refractivity contribution in [2.24, 2.45) is 4.99 Å². The molecule has 0 saturated heterocycles. The molecule has 0 aliphatic heterocycles. The topological polar surface area (TPSA) is 48.9 Å². The summed E-state index contributed by atoms with van der Waals surface area (Å²) in [5, 5.41) is 6.66. The van der Waals surface area contributed by atoms with Crippen molar-refractivity contribution in [2.45, 2.75) is 19.9 Å². The fourth-order valence-electron chi connectivity index (χ4n) is 2.00. The lowest BCUT2D eigenvalue weighted by Crippen LogP contribution is -2.38. The van der Waals surface area contributed by atoms with Crippen LogP contribution < -0.4 is 15.4 Å². The lowest BCUT2D eigenvalue weighted by Gasteiger charge is -2.14. The van der Waals surface area contributed by atoms with Gasteiger partial charge in [0.2, 0.25) is 0 Å². The number of benzene rings is 1. The SMILES string of the molecule is CN=C(NCCCN(C)C)NCc1ccc(OC)cc1C. The summed E-state index contributed by atoms with van der Waals surface area (Å²) >= 11 is 0. The lowest BCUT2D eigenvalue weighted by atomic mass is 10.1. The number of ether oxygens (including phenoxy) is 1. The minimum absolute atomic E-state index is 0.753. The van der Waals surface area contributed by atoms with Crippen LogP contribution in [0.5, 0.6) is 5.75 Å². The van der Waals surface area contributed by atoms with E-state index < -0.39 is 0 Å². The van der Waals surface area contributed by atoms with E-state index in [2.05, 4.69) is 47.6 Å². The molecule has 1 aromatic carbocycles. The Labute approximate surface area is 128 Å². The molecule has 2 N–H and O–H groups in total. The van der Waals surface area contributed by atoms with E-state index in [9.17, 15) is 0 Å². The van der Waals surface area contributed by atoms with Crippen LogP contribution in [0.15, 0.2) is 23.2 Å². The van der Waals surface area contributed by atoms with E-state index in [1.54, 1.807) is 14.2 Å². The van der Waals surface area contributed by atoms with Crippen molar-refractivity contribution in [3.63, 3.8) is 0 Å². The fraction of sp³-hybridized carbons (Fsp3) is 0.562. The molecule has 0 saturated carbocycles. The molecule has 0 heterocycles. The van der Waals surface area contributed by atoms with E-state index in [1.165, 1.54) is 11.1 Å². The average molecular weight is 292 g/mol. The first-order valence-corrected chi connectivity index (χ1v) is 7.29. The van der Waals surface area contributed by atoms with E-state index in [-0.39, 0.29) is 0 Å². The van der Waals surface area contributed by atoms with Gasteiger partial charge in [0.15, 0.2) is 5.96 Å². The normalized spacial score (nSPS) is 11.6. The zero-order valence-corrected chi connectivity index (χ0v) is 13.9. The van der Waals surface area contributed by atoms with Crippen molar-refractivity contribution in [3.8, 4) is 5.75 Å². The van der Waals surface area contributed by atoms with Crippen molar-refractivity contribution < 1.29 is 4.74 Å². The van der Waals surface area contributed by atoms with Crippen LogP contribution in [-0.2, 0) is 6.54 Å². The molecule has 0 amide bonds. The number of methoxy groups -OCH3 is 1. The third kappa shape index (κ3) is 6.49. The molecule has 118 valence electrons. The maximum absolute atomic E-state index is 5.22. The molecule has 0 atom stereocenters. The van der Waals surface area contributed by atoms with Crippen LogP contribution in [0.1, 0.15) is 17.5 Å². The molecular weight excluding hydrogens is 264 g/mol. The number of nitrogens with one attached hydrogen (secondary N) is 2. The first kappa shape index (κ1) is 17.3. The molecule has 1 aromatic rings. The second-order valence-electron chi connectivity index (χ2n) is 5.30. The van der Waals surface area contributed by atoms with E-state index in [4.69, 9.17) is 4.74 Å². The highest BCUT2D eigenvalue weighted by Crippen LogP contribution is 2.16. The van der Waals surface area contributed by atoms with Gasteiger partial charge in [0.05, 0.1) is 7.11 Å². The summed E-state index contributed by atoms with van der Waals surface area (Å²) in [5.41, 5.74) is 2.46. The predicted molar refractivity (Wildman–Crippen MR) is 89.1 cm³/mol. The Morgan fingerprint density at radius 2 is 2.05 bits per heavy atom. The smallest absolute Gasteiger partial charge is 0.191 e. The maximum atomic E-state index is 5.22. The zero-order valence-electron chi connectivity index (χ0n) is 13.9. The molecule has 0 radical (unpaired) electrons. The second kappa shape index (κ2) is 9.23. The van der Waals surface area contributed by atoms with Gasteiger partial charge >= 0.3 is 0 Å². The van der Waals surface area contributed by atoms with Gasteiger partial charge in [-0.25, -0.2) is 0 Å². The van der Waals surface area contributed by atoms with E-state index in [0.29, 0.717) is 0 Å². The molecule has 0 aliphatic rings. The molecule has 0 aliphatic carbocycles. The summed E-state index contributed by atoms with van der Waals surface area (Å²) in [4.78, 5) is 6.42. The van der Waals surface area contributed by atoms with Gasteiger partial charge in [0.1, 0.15) is 5.75 Å². The van der Waals surface area contributed by atoms with Crippen molar-refractivity contribution in [3.05, 3.63) is 29.3 Å². The largest absolute Gasteiger partial charge is 0.497 e. The van der Waals surface area contributed by atoms with Crippen molar-refractivity contribution in [2.75, 3.05) is 41.3 Å². The van der Waals surface area contributed by atoms with E-state index in [0.717, 1.165) is 37.8 Å². The lowest BCUT2D eigenvalue weighted by molar-refractivity contribution is 0.399. The Morgan fingerprint density at radius 1 is 1.29 bits per heavy atom. The molecule has 21 heavy (non-hydrogen) atoms. The molecule has 5 nitrogen and oxygen atoms in total. The molecule has 0 spiro atoms. The Balaban J connectivity index is 2.41. The first-order chi connectivity index (χ1) is 10.1. The highest BCUT2D eigenvalue weighted by Gasteiger charge is 2.02. The van der Waals surface area contributed by atoms with Gasteiger partial charge in [0.25, 0.3) is 0 Å². The van der Waals surface area contributed by atoms with Crippen LogP contribution in [0.4, 0.5) is 0 Å². The van der Waals surface area contributed by atoms with Crippen molar-refractivity contribution in [1.82, 2.24) is 15.5 Å². The van der Waals surface area contributed by atoms with Crippen molar-refractivity contribution >= 4 is 5.96 Å². The van der Waals surface area contributed by atoms with Gasteiger partial charge in [0, 0.05) is 20.1 Å². The number of aliphatic imine (C=N–C) groups is 1. The average Bonchev–Trinajstić information content (AvgIpc) is 2.47. The van der Waals surface area contributed by atoms with Gasteiger partial charge in [-0.1, -0.05) is 6.07 Å². The third-order valence-corrected chi connectivity index (χ3v) is 3.29. The Morgan fingerprint density at radius 3 is 2.62 bits per heavy atom. The second-order valence-corrected chi connectivity index (χ2v) is 5.30. The standard InChI is InChI=1S/C16H28N4O/c1-13-11-15(21-5)8-7-14(13)12-19-16(17-2)18-9-6-10-20(3)4/h7-8,11H,6,9-10,12H2,1-5H3,(H2,17,18,19). The number of aryl methyl sites for hydroxylation is 1. The van der Waals surface area contributed by atoms with Crippen LogP contribution in [0.2, 0.25) is 0 Å². The van der Waals surface area contributed by atoms with Crippen LogP contribution in [0, 0.1) is 6.92 Å². The van der Waals surface area contributed by atoms with Crippen molar-refractivity contribution in [1.29, 1.82) is 0 Å². The Bertz CT molecular complexity index is 458. The highest BCUT2D eigenvalue weighted by molar-refractivity contribution is 5.79. The summed E-state index contributed by atoms with van der Waals surface area (Å²) < 4.78 is 5.22.